The van der Waals surface area contributed by atoms with E-state index in [4.69, 9.17) is 23.2 Å². The van der Waals surface area contributed by atoms with E-state index in [-0.39, 0.29) is 21.8 Å². The molecule has 0 spiro atoms. The molecule has 82 valence electrons. The Morgan fingerprint density at radius 3 is 2.47 bits per heavy atom. The van der Waals surface area contributed by atoms with E-state index in [2.05, 4.69) is 5.32 Å². The van der Waals surface area contributed by atoms with Crippen LogP contribution < -0.4 is 5.32 Å². The van der Waals surface area contributed by atoms with Gasteiger partial charge in [-0.05, 0) is 6.07 Å². The van der Waals surface area contributed by atoms with E-state index in [1.54, 1.807) is 14.1 Å². The van der Waals surface area contributed by atoms with Gasteiger partial charge in [0.1, 0.15) is 5.75 Å². The number of urea groups is 1. The van der Waals surface area contributed by atoms with Gasteiger partial charge in [0.2, 0.25) is 0 Å². The molecule has 0 bridgehead atoms. The first-order chi connectivity index (χ1) is 6.91. The number of nitrogens with one attached hydrogen (secondary N) is 1. The van der Waals surface area contributed by atoms with Gasteiger partial charge in [-0.1, -0.05) is 23.2 Å². The third-order valence-corrected chi connectivity index (χ3v) is 2.30. The van der Waals surface area contributed by atoms with Crippen molar-refractivity contribution in [3.8, 4) is 5.75 Å². The molecule has 0 aliphatic heterocycles. The van der Waals surface area contributed by atoms with Gasteiger partial charge < -0.3 is 15.3 Å². The Balaban J connectivity index is 2.96. The van der Waals surface area contributed by atoms with Crippen LogP contribution in [0.25, 0.3) is 0 Å². The molecule has 0 unspecified atom stereocenters. The first-order valence-corrected chi connectivity index (χ1v) is 4.83. The second-order valence-corrected chi connectivity index (χ2v) is 3.92. The minimum atomic E-state index is -0.335. The van der Waals surface area contributed by atoms with Gasteiger partial charge >= 0.3 is 6.03 Å². The fourth-order valence-electron chi connectivity index (χ4n) is 0.860. The molecule has 0 fully saturated rings. The van der Waals surface area contributed by atoms with Crippen LogP contribution in [0.5, 0.6) is 5.75 Å². The standard InChI is InChI=1S/C9H10Cl2N2O2/c1-13(2)9(15)12-7-4-8(14)6(11)3-5(7)10/h3-4,14H,1-2H3,(H,12,15). The molecule has 6 heteroatoms. The summed E-state index contributed by atoms with van der Waals surface area (Å²) < 4.78 is 0. The molecular formula is C9H10Cl2N2O2. The highest BCUT2D eigenvalue weighted by Crippen LogP contribution is 2.33. The number of hydrogen-bond donors (Lipinski definition) is 2. The van der Waals surface area contributed by atoms with E-state index in [9.17, 15) is 9.90 Å². The van der Waals surface area contributed by atoms with Gasteiger partial charge in [0.05, 0.1) is 15.7 Å². The molecule has 0 heterocycles. The lowest BCUT2D eigenvalue weighted by atomic mass is 10.3. The van der Waals surface area contributed by atoms with Gasteiger partial charge in [0.15, 0.2) is 0 Å². The lowest BCUT2D eigenvalue weighted by molar-refractivity contribution is 0.230. The van der Waals surface area contributed by atoms with Gasteiger partial charge in [0.25, 0.3) is 0 Å². The monoisotopic (exact) mass is 248 g/mol. The summed E-state index contributed by atoms with van der Waals surface area (Å²) in [6, 6.07) is 2.33. The minimum absolute atomic E-state index is 0.130. The van der Waals surface area contributed by atoms with Crippen LogP contribution in [0.4, 0.5) is 10.5 Å². The third kappa shape index (κ3) is 2.91. The Morgan fingerprint density at radius 2 is 1.93 bits per heavy atom. The van der Waals surface area contributed by atoms with Crippen LogP contribution in [0, 0.1) is 0 Å². The molecular weight excluding hydrogens is 239 g/mol. The van der Waals surface area contributed by atoms with Crippen LogP contribution in [0.2, 0.25) is 10.0 Å². The van der Waals surface area contributed by atoms with Crippen LogP contribution in [0.3, 0.4) is 0 Å². The first-order valence-electron chi connectivity index (χ1n) is 4.08. The van der Waals surface area contributed by atoms with Gasteiger partial charge in [0, 0.05) is 20.2 Å². The van der Waals surface area contributed by atoms with Crippen LogP contribution in [-0.2, 0) is 0 Å². The van der Waals surface area contributed by atoms with Crippen LogP contribution in [-0.4, -0.2) is 30.1 Å². The smallest absolute Gasteiger partial charge is 0.321 e. The van der Waals surface area contributed by atoms with Crippen LogP contribution >= 0.6 is 23.2 Å². The third-order valence-electron chi connectivity index (χ3n) is 1.68. The summed E-state index contributed by atoms with van der Waals surface area (Å²) in [5.41, 5.74) is 0.317. The summed E-state index contributed by atoms with van der Waals surface area (Å²) in [6.07, 6.45) is 0. The largest absolute Gasteiger partial charge is 0.506 e. The van der Waals surface area contributed by atoms with Crippen LogP contribution in [0.1, 0.15) is 0 Å². The molecule has 2 amide bonds. The van der Waals surface area contributed by atoms with Gasteiger partial charge in [-0.2, -0.15) is 0 Å². The highest BCUT2D eigenvalue weighted by atomic mass is 35.5. The summed E-state index contributed by atoms with van der Waals surface area (Å²) >= 11 is 11.4. The molecule has 0 aliphatic carbocycles. The molecule has 0 aliphatic rings. The van der Waals surface area contributed by atoms with E-state index in [1.165, 1.54) is 17.0 Å². The number of phenols is 1. The highest BCUT2D eigenvalue weighted by Gasteiger charge is 2.10. The number of benzene rings is 1. The fraction of sp³-hybridized carbons (Fsp3) is 0.222. The average Bonchev–Trinajstić information content (AvgIpc) is 2.13. The summed E-state index contributed by atoms with van der Waals surface area (Å²) in [5, 5.41) is 12.2. The molecule has 0 radical (unpaired) electrons. The van der Waals surface area contributed by atoms with Crippen molar-refractivity contribution in [1.29, 1.82) is 0 Å². The van der Waals surface area contributed by atoms with Crippen molar-refractivity contribution in [2.24, 2.45) is 0 Å². The molecule has 1 rings (SSSR count). The molecule has 4 nitrogen and oxygen atoms in total. The minimum Gasteiger partial charge on any atom is -0.506 e. The Kier molecular flexibility index (Phi) is 3.66. The lowest BCUT2D eigenvalue weighted by Gasteiger charge is -2.13. The molecule has 0 aromatic heterocycles. The van der Waals surface area contributed by atoms with Crippen molar-refractivity contribution >= 4 is 34.9 Å². The number of carbonyl (C=O) groups is 1. The number of rotatable bonds is 1. The molecule has 2 N–H and O–H groups in total. The van der Waals surface area contributed by atoms with E-state index >= 15 is 0 Å². The second kappa shape index (κ2) is 4.59. The first kappa shape index (κ1) is 11.9. The van der Waals surface area contributed by atoms with Crippen molar-refractivity contribution in [2.45, 2.75) is 0 Å². The normalized spacial score (nSPS) is 9.87. The summed E-state index contributed by atoms with van der Waals surface area (Å²) in [5.74, 6) is -0.130. The number of phenolic OH excluding ortho intramolecular Hbond substituents is 1. The summed E-state index contributed by atoms with van der Waals surface area (Å²) in [6.45, 7) is 0. The number of halogens is 2. The Labute approximate surface area is 97.4 Å². The fourth-order valence-corrected chi connectivity index (χ4v) is 1.29. The number of amides is 2. The predicted octanol–water partition coefficient (Wildman–Crippen LogP) is 2.79. The van der Waals surface area contributed by atoms with E-state index < -0.39 is 0 Å². The lowest BCUT2D eigenvalue weighted by Crippen LogP contribution is -2.27. The maximum Gasteiger partial charge on any atom is 0.321 e. The maximum absolute atomic E-state index is 11.3. The summed E-state index contributed by atoms with van der Waals surface area (Å²) in [7, 11) is 3.19. The number of hydrogen-bond acceptors (Lipinski definition) is 2. The summed E-state index contributed by atoms with van der Waals surface area (Å²) in [4.78, 5) is 12.7. The van der Waals surface area contributed by atoms with E-state index in [0.717, 1.165) is 0 Å². The predicted molar refractivity (Wildman–Crippen MR) is 60.8 cm³/mol. The molecule has 0 atom stereocenters. The molecule has 0 saturated carbocycles. The van der Waals surface area contributed by atoms with Gasteiger partial charge in [-0.3, -0.25) is 0 Å². The Hall–Kier alpha value is -1.13. The number of carbonyl (C=O) groups excluding carboxylic acids is 1. The number of aromatic hydroxyl groups is 1. The SMILES string of the molecule is CN(C)C(=O)Nc1cc(O)c(Cl)cc1Cl. The van der Waals surface area contributed by atoms with Crippen molar-refractivity contribution in [2.75, 3.05) is 19.4 Å². The van der Waals surface area contributed by atoms with Crippen molar-refractivity contribution in [3.63, 3.8) is 0 Å². The Morgan fingerprint density at radius 1 is 1.33 bits per heavy atom. The topological polar surface area (TPSA) is 52.6 Å². The highest BCUT2D eigenvalue weighted by molar-refractivity contribution is 6.37. The zero-order chi connectivity index (χ0) is 11.6. The zero-order valence-corrected chi connectivity index (χ0v) is 9.73. The zero-order valence-electron chi connectivity index (χ0n) is 8.21. The van der Waals surface area contributed by atoms with E-state index in [0.29, 0.717) is 5.69 Å². The molecule has 1 aromatic carbocycles. The molecule has 15 heavy (non-hydrogen) atoms. The average molecular weight is 249 g/mol. The number of anilines is 1. The number of nitrogens with zero attached hydrogens (tertiary/aromatic N) is 1. The quantitative estimate of drug-likeness (QED) is 0.803. The van der Waals surface area contributed by atoms with Crippen molar-refractivity contribution in [1.82, 2.24) is 4.90 Å². The van der Waals surface area contributed by atoms with E-state index in [1.807, 2.05) is 0 Å². The van der Waals surface area contributed by atoms with Gasteiger partial charge in [-0.25, -0.2) is 4.79 Å². The molecule has 1 aromatic rings. The van der Waals surface area contributed by atoms with Crippen molar-refractivity contribution in [3.05, 3.63) is 22.2 Å². The van der Waals surface area contributed by atoms with Gasteiger partial charge in [-0.15, -0.1) is 0 Å². The van der Waals surface area contributed by atoms with Crippen LogP contribution in [0.15, 0.2) is 12.1 Å². The second-order valence-electron chi connectivity index (χ2n) is 3.11. The van der Waals surface area contributed by atoms with Crippen molar-refractivity contribution < 1.29 is 9.90 Å². The Bertz CT molecular complexity index is 394. The molecule has 0 saturated heterocycles. The maximum atomic E-state index is 11.3.